The van der Waals surface area contributed by atoms with Crippen molar-refractivity contribution >= 4 is 34.7 Å². The molecule has 32 heavy (non-hydrogen) atoms. The van der Waals surface area contributed by atoms with Gasteiger partial charge in [-0.1, -0.05) is 18.9 Å². The zero-order chi connectivity index (χ0) is 22.2. The van der Waals surface area contributed by atoms with Crippen LogP contribution in [-0.4, -0.2) is 53.9 Å². The van der Waals surface area contributed by atoms with E-state index in [2.05, 4.69) is 15.2 Å². The molecule has 3 aliphatic rings. The van der Waals surface area contributed by atoms with Crippen LogP contribution in [0.4, 0.5) is 22.9 Å². The van der Waals surface area contributed by atoms with Gasteiger partial charge in [0.1, 0.15) is 11.9 Å². The van der Waals surface area contributed by atoms with Crippen LogP contribution in [0.3, 0.4) is 0 Å². The molecular weight excluding hydrogens is 402 g/mol. The summed E-state index contributed by atoms with van der Waals surface area (Å²) in [5.41, 5.74) is 3.43. The number of aromatic nitrogens is 1. The molecule has 1 aliphatic carbocycles. The number of amides is 2. The van der Waals surface area contributed by atoms with Crippen molar-refractivity contribution in [2.45, 2.75) is 57.5 Å². The first-order valence-corrected chi connectivity index (χ1v) is 11.8. The molecular formula is C25H31N5O2. The Morgan fingerprint density at radius 3 is 2.56 bits per heavy atom. The number of benzene rings is 1. The van der Waals surface area contributed by atoms with Crippen molar-refractivity contribution in [1.82, 2.24) is 9.88 Å². The molecule has 3 heterocycles. The number of likely N-dealkylation sites (N-methyl/N-ethyl adjacent to an activating group) is 1. The van der Waals surface area contributed by atoms with Crippen molar-refractivity contribution in [2.75, 3.05) is 35.3 Å². The Morgan fingerprint density at radius 1 is 1.06 bits per heavy atom. The molecule has 168 valence electrons. The highest BCUT2D eigenvalue weighted by molar-refractivity contribution is 6.05. The van der Waals surface area contributed by atoms with Gasteiger partial charge in [-0.15, -0.1) is 0 Å². The minimum atomic E-state index is -0.188. The second-order valence-electron chi connectivity index (χ2n) is 9.18. The number of fused-ring (bicyclic) bond motifs is 1. The predicted octanol–water partition coefficient (Wildman–Crippen LogP) is 4.18. The molecule has 7 heteroatoms. The fourth-order valence-corrected chi connectivity index (χ4v) is 5.37. The third kappa shape index (κ3) is 3.70. The average molecular weight is 434 g/mol. The summed E-state index contributed by atoms with van der Waals surface area (Å²) in [6.07, 6.45) is 8.59. The van der Waals surface area contributed by atoms with E-state index >= 15 is 0 Å². The number of hydrogen-bond acceptors (Lipinski definition) is 5. The first kappa shape index (κ1) is 20.8. The fraction of sp³-hybridized carbons (Fsp3) is 0.480. The number of rotatable bonds is 4. The summed E-state index contributed by atoms with van der Waals surface area (Å²) < 4.78 is 0. The van der Waals surface area contributed by atoms with Crippen molar-refractivity contribution in [3.63, 3.8) is 0 Å². The number of nitrogens with zero attached hydrogens (tertiary/aromatic N) is 4. The second kappa shape index (κ2) is 8.45. The molecule has 1 atom stereocenters. The van der Waals surface area contributed by atoms with Crippen LogP contribution in [0.15, 0.2) is 36.5 Å². The number of carbonyl (C=O) groups excluding carboxylic acids is 2. The molecule has 0 spiro atoms. The van der Waals surface area contributed by atoms with Crippen LogP contribution in [0, 0.1) is 0 Å². The fourth-order valence-electron chi connectivity index (χ4n) is 5.37. The molecule has 0 bridgehead atoms. The summed E-state index contributed by atoms with van der Waals surface area (Å²) in [5, 5.41) is 3.38. The Kier molecular flexibility index (Phi) is 5.49. The van der Waals surface area contributed by atoms with E-state index in [-0.39, 0.29) is 17.9 Å². The Bertz CT molecular complexity index is 1030. The van der Waals surface area contributed by atoms with E-state index < -0.39 is 0 Å². The average Bonchev–Trinajstić information content (AvgIpc) is 3.52. The van der Waals surface area contributed by atoms with Gasteiger partial charge in [0.05, 0.1) is 17.6 Å². The van der Waals surface area contributed by atoms with Gasteiger partial charge in [-0.2, -0.15) is 0 Å². The van der Waals surface area contributed by atoms with Crippen LogP contribution in [0.1, 0.15) is 55.8 Å². The molecule has 1 unspecified atom stereocenters. The van der Waals surface area contributed by atoms with Gasteiger partial charge in [0.15, 0.2) is 0 Å². The molecule has 1 saturated carbocycles. The standard InChI is InChI=1S/C25H31N5O2/c1-17-24(31)28(2)22-16-26-23(15-21(22)30(17)20-10-3-4-11-20)27-19-9-7-8-18(14-19)25(32)29-12-5-6-13-29/h7-9,14-17,20H,3-6,10-13H2,1-2H3,(H,26,27). The van der Waals surface area contributed by atoms with Crippen molar-refractivity contribution in [3.05, 3.63) is 42.1 Å². The molecule has 2 aliphatic heterocycles. The molecule has 1 N–H and O–H groups in total. The van der Waals surface area contributed by atoms with Gasteiger partial charge < -0.3 is 20.0 Å². The molecule has 7 nitrogen and oxygen atoms in total. The van der Waals surface area contributed by atoms with Gasteiger partial charge in [-0.3, -0.25) is 9.59 Å². The zero-order valence-electron chi connectivity index (χ0n) is 18.9. The SMILES string of the molecule is CC1C(=O)N(C)c2cnc(Nc3cccc(C(=O)N4CCCC4)c3)cc2N1C1CCCC1. The first-order valence-electron chi connectivity index (χ1n) is 11.8. The summed E-state index contributed by atoms with van der Waals surface area (Å²) >= 11 is 0. The van der Waals surface area contributed by atoms with Crippen LogP contribution < -0.4 is 15.1 Å². The number of hydrogen-bond donors (Lipinski definition) is 1. The summed E-state index contributed by atoms with van der Waals surface area (Å²) in [7, 11) is 1.83. The van der Waals surface area contributed by atoms with Gasteiger partial charge in [0, 0.05) is 43.5 Å². The minimum absolute atomic E-state index is 0.0888. The summed E-state index contributed by atoms with van der Waals surface area (Å²) in [6.45, 7) is 3.68. The molecule has 1 aromatic carbocycles. The minimum Gasteiger partial charge on any atom is -0.355 e. The molecule has 0 radical (unpaired) electrons. The van der Waals surface area contributed by atoms with Crippen LogP contribution in [-0.2, 0) is 4.79 Å². The predicted molar refractivity (Wildman–Crippen MR) is 127 cm³/mol. The maximum Gasteiger partial charge on any atom is 0.253 e. The Morgan fingerprint density at radius 2 is 1.81 bits per heavy atom. The number of pyridine rings is 1. The van der Waals surface area contributed by atoms with E-state index in [1.54, 1.807) is 11.1 Å². The maximum absolute atomic E-state index is 12.8. The molecule has 2 amide bonds. The Labute approximate surface area is 189 Å². The zero-order valence-corrected chi connectivity index (χ0v) is 18.9. The van der Waals surface area contributed by atoms with Gasteiger partial charge >= 0.3 is 0 Å². The lowest BCUT2D eigenvalue weighted by molar-refractivity contribution is -0.119. The van der Waals surface area contributed by atoms with Crippen LogP contribution >= 0.6 is 0 Å². The lowest BCUT2D eigenvalue weighted by Gasteiger charge is -2.43. The summed E-state index contributed by atoms with van der Waals surface area (Å²) in [4.78, 5) is 36.1. The lowest BCUT2D eigenvalue weighted by Crippen LogP contribution is -2.54. The van der Waals surface area contributed by atoms with Gasteiger partial charge in [0.25, 0.3) is 5.91 Å². The highest BCUT2D eigenvalue weighted by atomic mass is 16.2. The molecule has 5 rings (SSSR count). The summed E-state index contributed by atoms with van der Waals surface area (Å²) in [5.74, 6) is 0.915. The van der Waals surface area contributed by atoms with Crippen molar-refractivity contribution < 1.29 is 9.59 Å². The molecule has 2 fully saturated rings. The summed E-state index contributed by atoms with van der Waals surface area (Å²) in [6, 6.07) is 9.87. The monoisotopic (exact) mass is 433 g/mol. The van der Waals surface area contributed by atoms with E-state index in [9.17, 15) is 9.59 Å². The lowest BCUT2D eigenvalue weighted by atomic mass is 10.0. The van der Waals surface area contributed by atoms with E-state index in [1.165, 1.54) is 12.8 Å². The highest BCUT2D eigenvalue weighted by Crippen LogP contribution is 2.41. The number of carbonyl (C=O) groups is 2. The van der Waals surface area contributed by atoms with Crippen molar-refractivity contribution in [3.8, 4) is 0 Å². The van der Waals surface area contributed by atoms with E-state index in [4.69, 9.17) is 0 Å². The van der Waals surface area contributed by atoms with Crippen LogP contribution in [0.25, 0.3) is 0 Å². The number of nitrogens with one attached hydrogen (secondary N) is 1. The van der Waals surface area contributed by atoms with Gasteiger partial charge in [-0.05, 0) is 50.8 Å². The van der Waals surface area contributed by atoms with Crippen molar-refractivity contribution in [2.24, 2.45) is 0 Å². The molecule has 1 aromatic heterocycles. The van der Waals surface area contributed by atoms with Gasteiger partial charge in [0.2, 0.25) is 5.91 Å². The van der Waals surface area contributed by atoms with E-state index in [0.717, 1.165) is 55.8 Å². The first-order chi connectivity index (χ1) is 15.5. The third-order valence-corrected chi connectivity index (χ3v) is 7.10. The third-order valence-electron chi connectivity index (χ3n) is 7.10. The Balaban J connectivity index is 1.43. The van der Waals surface area contributed by atoms with E-state index in [0.29, 0.717) is 17.4 Å². The van der Waals surface area contributed by atoms with E-state index in [1.807, 2.05) is 49.2 Å². The molecule has 1 saturated heterocycles. The molecule has 2 aromatic rings. The normalized spacial score (nSPS) is 21.2. The number of anilines is 4. The van der Waals surface area contributed by atoms with Gasteiger partial charge in [-0.25, -0.2) is 4.98 Å². The van der Waals surface area contributed by atoms with Crippen LogP contribution in [0.2, 0.25) is 0 Å². The topological polar surface area (TPSA) is 68.8 Å². The second-order valence-corrected chi connectivity index (χ2v) is 9.18. The van der Waals surface area contributed by atoms with Crippen molar-refractivity contribution in [1.29, 1.82) is 0 Å². The highest BCUT2D eigenvalue weighted by Gasteiger charge is 2.38. The number of likely N-dealkylation sites (tertiary alicyclic amines) is 1. The largest absolute Gasteiger partial charge is 0.355 e. The maximum atomic E-state index is 12.8. The smallest absolute Gasteiger partial charge is 0.253 e. The Hall–Kier alpha value is -3.09. The van der Waals surface area contributed by atoms with Crippen LogP contribution in [0.5, 0.6) is 0 Å². The quantitative estimate of drug-likeness (QED) is 0.784.